The molecule has 1 aromatic rings. The smallest absolute Gasteiger partial charge is 0.260 e. The molecule has 1 aliphatic heterocycles. The molecule has 0 saturated carbocycles. The third-order valence-electron chi connectivity index (χ3n) is 3.38. The molecule has 1 amide bonds. The van der Waals surface area contributed by atoms with E-state index < -0.39 is 15.1 Å². The normalized spacial score (nSPS) is 15.9. The minimum Gasteiger partial charge on any atom is -0.484 e. The summed E-state index contributed by atoms with van der Waals surface area (Å²) in [6.07, 6.45) is 0. The van der Waals surface area contributed by atoms with Crippen LogP contribution >= 0.6 is 0 Å². The first-order valence-electron chi connectivity index (χ1n) is 7.05. The third-order valence-corrected chi connectivity index (χ3v) is 5.82. The van der Waals surface area contributed by atoms with Crippen molar-refractivity contribution >= 4 is 15.7 Å². The molecule has 0 aliphatic carbocycles. The van der Waals surface area contributed by atoms with Crippen LogP contribution in [0.5, 0.6) is 5.75 Å². The summed E-state index contributed by atoms with van der Waals surface area (Å²) in [5, 5.41) is -0.416. The maximum absolute atomic E-state index is 12.0. The highest BCUT2D eigenvalue weighted by molar-refractivity contribution is 7.92. The number of hydrogen-bond acceptors (Lipinski definition) is 4. The lowest BCUT2D eigenvalue weighted by Crippen LogP contribution is -2.58. The Labute approximate surface area is 125 Å². The minimum absolute atomic E-state index is 0.0546. The molecule has 116 valence electrons. The van der Waals surface area contributed by atoms with Gasteiger partial charge in [-0.1, -0.05) is 32.0 Å². The fraction of sp³-hybridized carbons (Fsp3) is 0.533. The second-order valence-corrected chi connectivity index (χ2v) is 8.07. The second-order valence-electron chi connectivity index (χ2n) is 5.75. The monoisotopic (exact) mass is 311 g/mol. The highest BCUT2D eigenvalue weighted by atomic mass is 32.2. The fourth-order valence-electron chi connectivity index (χ4n) is 2.22. The quantitative estimate of drug-likeness (QED) is 0.795. The van der Waals surface area contributed by atoms with Crippen LogP contribution in [0.2, 0.25) is 0 Å². The van der Waals surface area contributed by atoms with E-state index in [0.29, 0.717) is 5.75 Å². The van der Waals surface area contributed by atoms with Gasteiger partial charge in [-0.25, -0.2) is 8.42 Å². The molecule has 6 heteroatoms. The van der Waals surface area contributed by atoms with E-state index in [1.54, 1.807) is 12.1 Å². The van der Waals surface area contributed by atoms with Gasteiger partial charge in [-0.3, -0.25) is 4.79 Å². The van der Waals surface area contributed by atoms with Gasteiger partial charge in [-0.2, -0.15) is 0 Å². The summed E-state index contributed by atoms with van der Waals surface area (Å²) in [5.74, 6) is 0.756. The Kier molecular flexibility index (Phi) is 4.88. The van der Waals surface area contributed by atoms with Crippen LogP contribution in [0.15, 0.2) is 30.3 Å². The number of carbonyl (C=O) groups is 1. The Morgan fingerprint density at radius 1 is 1.29 bits per heavy atom. The van der Waals surface area contributed by atoms with Crippen LogP contribution in [0.4, 0.5) is 0 Å². The van der Waals surface area contributed by atoms with Crippen molar-refractivity contribution in [1.29, 1.82) is 0 Å². The van der Waals surface area contributed by atoms with Crippen LogP contribution in [0.3, 0.4) is 0 Å². The van der Waals surface area contributed by atoms with Gasteiger partial charge in [-0.15, -0.1) is 0 Å². The highest BCUT2D eigenvalue weighted by Crippen LogP contribution is 2.19. The van der Waals surface area contributed by atoms with Crippen molar-refractivity contribution < 1.29 is 17.9 Å². The number of nitrogens with zero attached hydrogens (tertiary/aromatic N) is 1. The second kappa shape index (κ2) is 6.47. The number of likely N-dealkylation sites (tertiary alicyclic amines) is 1. The van der Waals surface area contributed by atoms with E-state index in [1.807, 2.05) is 32.0 Å². The van der Waals surface area contributed by atoms with E-state index >= 15 is 0 Å². The van der Waals surface area contributed by atoms with Crippen LogP contribution < -0.4 is 4.74 Å². The zero-order valence-corrected chi connectivity index (χ0v) is 13.2. The summed E-state index contributed by atoms with van der Waals surface area (Å²) in [7, 11) is -3.09. The summed E-state index contributed by atoms with van der Waals surface area (Å²) >= 11 is 0. The Bertz CT molecular complexity index is 577. The van der Waals surface area contributed by atoms with E-state index in [1.165, 1.54) is 4.90 Å². The largest absolute Gasteiger partial charge is 0.484 e. The standard InChI is InChI=1S/C15H21NO4S/c1-12(2)11-21(18,19)14-8-16(9-14)15(17)10-20-13-6-4-3-5-7-13/h3-7,12,14H,8-11H2,1-2H3. The van der Waals surface area contributed by atoms with Gasteiger partial charge in [0.2, 0.25) is 0 Å². The van der Waals surface area contributed by atoms with Gasteiger partial charge in [0, 0.05) is 13.1 Å². The number of hydrogen-bond donors (Lipinski definition) is 0. The van der Waals surface area contributed by atoms with E-state index in [9.17, 15) is 13.2 Å². The van der Waals surface area contributed by atoms with Gasteiger partial charge in [0.15, 0.2) is 16.4 Å². The molecular weight excluding hydrogens is 290 g/mol. The lowest BCUT2D eigenvalue weighted by molar-refractivity contribution is -0.136. The first-order valence-corrected chi connectivity index (χ1v) is 8.77. The van der Waals surface area contributed by atoms with Crippen molar-refractivity contribution in [3.05, 3.63) is 30.3 Å². The molecule has 1 fully saturated rings. The summed E-state index contributed by atoms with van der Waals surface area (Å²) in [4.78, 5) is 13.4. The van der Waals surface area contributed by atoms with E-state index in [0.717, 1.165) is 0 Å². The third kappa shape index (κ3) is 4.20. The molecule has 1 saturated heterocycles. The Hall–Kier alpha value is -1.56. The molecule has 0 atom stereocenters. The molecule has 0 unspecified atom stereocenters. The molecule has 1 heterocycles. The van der Waals surface area contributed by atoms with Crippen molar-refractivity contribution in [2.45, 2.75) is 19.1 Å². The topological polar surface area (TPSA) is 63.7 Å². The number of sulfone groups is 1. The zero-order chi connectivity index (χ0) is 15.5. The predicted molar refractivity (Wildman–Crippen MR) is 80.9 cm³/mol. The zero-order valence-electron chi connectivity index (χ0n) is 12.4. The molecule has 1 aliphatic rings. The summed E-state index contributed by atoms with van der Waals surface area (Å²) in [6, 6.07) is 9.09. The Morgan fingerprint density at radius 3 is 2.48 bits per heavy atom. The lowest BCUT2D eigenvalue weighted by Gasteiger charge is -2.38. The molecule has 0 N–H and O–H groups in total. The van der Waals surface area contributed by atoms with E-state index in [-0.39, 0.29) is 37.3 Å². The molecule has 0 radical (unpaired) electrons. The maximum atomic E-state index is 12.0. The van der Waals surface area contributed by atoms with Crippen LogP contribution in [-0.2, 0) is 14.6 Å². The van der Waals surface area contributed by atoms with Crippen molar-refractivity contribution in [2.75, 3.05) is 25.4 Å². The van der Waals surface area contributed by atoms with Crippen LogP contribution in [0.25, 0.3) is 0 Å². The SMILES string of the molecule is CC(C)CS(=O)(=O)C1CN(C(=O)COc2ccccc2)C1. The summed E-state index contributed by atoms with van der Waals surface area (Å²) in [5.41, 5.74) is 0. The van der Waals surface area contributed by atoms with E-state index in [4.69, 9.17) is 4.74 Å². The molecule has 21 heavy (non-hydrogen) atoms. The van der Waals surface area contributed by atoms with Crippen molar-refractivity contribution in [3.8, 4) is 5.75 Å². The number of benzene rings is 1. The number of amides is 1. The average Bonchev–Trinajstić information content (AvgIpc) is 2.33. The minimum atomic E-state index is -3.09. The first-order chi connectivity index (χ1) is 9.88. The molecular formula is C15H21NO4S. The van der Waals surface area contributed by atoms with Gasteiger partial charge in [0.25, 0.3) is 5.91 Å². The lowest BCUT2D eigenvalue weighted by atomic mass is 10.2. The molecule has 0 aromatic heterocycles. The van der Waals surface area contributed by atoms with Gasteiger partial charge in [-0.05, 0) is 18.1 Å². The average molecular weight is 311 g/mol. The molecule has 5 nitrogen and oxygen atoms in total. The predicted octanol–water partition coefficient (Wildman–Crippen LogP) is 1.35. The number of carbonyl (C=O) groups excluding carboxylic acids is 1. The number of ether oxygens (including phenoxy) is 1. The van der Waals surface area contributed by atoms with E-state index in [2.05, 4.69) is 0 Å². The first kappa shape index (κ1) is 15.8. The fourth-order valence-corrected chi connectivity index (χ4v) is 4.24. The van der Waals surface area contributed by atoms with Crippen LogP contribution in [0, 0.1) is 5.92 Å². The molecule has 2 rings (SSSR count). The van der Waals surface area contributed by atoms with Crippen molar-refractivity contribution in [2.24, 2.45) is 5.92 Å². The maximum Gasteiger partial charge on any atom is 0.260 e. The van der Waals surface area contributed by atoms with Gasteiger partial charge in [0.05, 0.1) is 11.0 Å². The van der Waals surface area contributed by atoms with Crippen molar-refractivity contribution in [3.63, 3.8) is 0 Å². The van der Waals surface area contributed by atoms with Crippen molar-refractivity contribution in [1.82, 2.24) is 4.90 Å². The number of para-hydroxylation sites is 1. The Morgan fingerprint density at radius 2 is 1.90 bits per heavy atom. The molecule has 1 aromatic carbocycles. The van der Waals surface area contributed by atoms with Crippen LogP contribution in [0.1, 0.15) is 13.8 Å². The van der Waals surface area contributed by atoms with Gasteiger partial charge < -0.3 is 9.64 Å². The molecule has 0 spiro atoms. The Balaban J connectivity index is 1.78. The summed E-state index contributed by atoms with van der Waals surface area (Å²) in [6.45, 7) is 4.28. The number of rotatable bonds is 6. The van der Waals surface area contributed by atoms with Gasteiger partial charge >= 0.3 is 0 Å². The highest BCUT2D eigenvalue weighted by Gasteiger charge is 2.39. The van der Waals surface area contributed by atoms with Crippen LogP contribution in [-0.4, -0.2) is 49.9 Å². The van der Waals surface area contributed by atoms with Gasteiger partial charge in [0.1, 0.15) is 5.75 Å². The summed E-state index contributed by atoms with van der Waals surface area (Å²) < 4.78 is 29.4. The molecule has 0 bridgehead atoms.